The second-order valence-corrected chi connectivity index (χ2v) is 4.98. The van der Waals surface area contributed by atoms with E-state index in [1.165, 1.54) is 11.5 Å². The van der Waals surface area contributed by atoms with Crippen molar-refractivity contribution in [3.63, 3.8) is 0 Å². The third-order valence-corrected chi connectivity index (χ3v) is 3.35. The number of aromatic nitrogens is 1. The minimum atomic E-state index is -0.261. The van der Waals surface area contributed by atoms with Crippen molar-refractivity contribution < 1.29 is 4.79 Å². The van der Waals surface area contributed by atoms with Crippen molar-refractivity contribution in [2.45, 2.75) is 6.92 Å². The van der Waals surface area contributed by atoms with Crippen LogP contribution in [0.1, 0.15) is 17.3 Å². The zero-order valence-electron chi connectivity index (χ0n) is 10.1. The summed E-state index contributed by atoms with van der Waals surface area (Å²) in [6, 6.07) is 11.1. The van der Waals surface area contributed by atoms with Crippen LogP contribution in [-0.4, -0.2) is 10.4 Å². The van der Waals surface area contributed by atoms with Crippen molar-refractivity contribution in [2.75, 3.05) is 0 Å². The number of hydrogen-bond acceptors (Lipinski definition) is 2. The van der Waals surface area contributed by atoms with E-state index in [-0.39, 0.29) is 16.9 Å². The zero-order valence-corrected chi connectivity index (χ0v) is 11.7. The van der Waals surface area contributed by atoms with Crippen molar-refractivity contribution in [1.82, 2.24) is 4.57 Å². The standard InChI is InChI=1S/C14H12BrNO2/c1-9(17)12-7-8-13(16(2)14(12)18)10-3-5-11(15)6-4-10/h3-8H,1-2H3. The molecule has 0 N–H and O–H groups in total. The normalized spacial score (nSPS) is 10.4. The second-order valence-electron chi connectivity index (χ2n) is 4.06. The maximum absolute atomic E-state index is 12.0. The van der Waals surface area contributed by atoms with Crippen molar-refractivity contribution in [3.05, 3.63) is 56.8 Å². The average Bonchev–Trinajstić information content (AvgIpc) is 2.33. The number of nitrogens with zero attached hydrogens (tertiary/aromatic N) is 1. The largest absolute Gasteiger partial charge is 0.311 e. The number of hydrogen-bond donors (Lipinski definition) is 0. The Morgan fingerprint density at radius 1 is 1.11 bits per heavy atom. The van der Waals surface area contributed by atoms with E-state index < -0.39 is 0 Å². The lowest BCUT2D eigenvalue weighted by Crippen LogP contribution is -2.24. The van der Waals surface area contributed by atoms with E-state index in [0.29, 0.717) is 0 Å². The highest BCUT2D eigenvalue weighted by Crippen LogP contribution is 2.20. The maximum atomic E-state index is 12.0. The summed E-state index contributed by atoms with van der Waals surface area (Å²) in [5.74, 6) is -0.210. The van der Waals surface area contributed by atoms with E-state index in [0.717, 1.165) is 15.7 Å². The van der Waals surface area contributed by atoms with Crippen LogP contribution in [0.5, 0.6) is 0 Å². The molecule has 0 fully saturated rings. The molecule has 4 heteroatoms. The second kappa shape index (κ2) is 4.90. The molecule has 0 aliphatic carbocycles. The highest BCUT2D eigenvalue weighted by atomic mass is 79.9. The van der Waals surface area contributed by atoms with Crippen LogP contribution in [0.3, 0.4) is 0 Å². The summed E-state index contributed by atoms with van der Waals surface area (Å²) in [7, 11) is 1.67. The first-order valence-electron chi connectivity index (χ1n) is 5.47. The van der Waals surface area contributed by atoms with Gasteiger partial charge in [0.15, 0.2) is 5.78 Å². The van der Waals surface area contributed by atoms with Crippen LogP contribution in [0.2, 0.25) is 0 Å². The molecule has 0 atom stereocenters. The van der Waals surface area contributed by atoms with Crippen LogP contribution < -0.4 is 5.56 Å². The number of benzene rings is 1. The monoisotopic (exact) mass is 305 g/mol. The summed E-state index contributed by atoms with van der Waals surface area (Å²) in [5.41, 5.74) is 1.69. The van der Waals surface area contributed by atoms with E-state index in [1.54, 1.807) is 19.2 Å². The van der Waals surface area contributed by atoms with Crippen LogP contribution in [-0.2, 0) is 7.05 Å². The molecule has 2 aromatic rings. The maximum Gasteiger partial charge on any atom is 0.261 e. The Labute approximate surface area is 113 Å². The molecular weight excluding hydrogens is 294 g/mol. The molecule has 0 saturated heterocycles. The Morgan fingerprint density at radius 3 is 2.28 bits per heavy atom. The number of halogens is 1. The van der Waals surface area contributed by atoms with E-state index in [9.17, 15) is 9.59 Å². The van der Waals surface area contributed by atoms with Crippen molar-refractivity contribution in [2.24, 2.45) is 7.05 Å². The first-order chi connectivity index (χ1) is 8.50. The molecule has 92 valence electrons. The van der Waals surface area contributed by atoms with E-state index in [4.69, 9.17) is 0 Å². The van der Waals surface area contributed by atoms with Gasteiger partial charge in [0, 0.05) is 11.5 Å². The number of pyridine rings is 1. The Hall–Kier alpha value is -1.68. The van der Waals surface area contributed by atoms with Gasteiger partial charge in [0.05, 0.1) is 11.3 Å². The van der Waals surface area contributed by atoms with E-state index in [1.807, 2.05) is 24.3 Å². The summed E-state index contributed by atoms with van der Waals surface area (Å²) in [4.78, 5) is 23.3. The molecule has 1 aromatic carbocycles. The summed E-state index contributed by atoms with van der Waals surface area (Å²) in [5, 5.41) is 0. The van der Waals surface area contributed by atoms with Gasteiger partial charge < -0.3 is 4.57 Å². The first kappa shape index (κ1) is 12.8. The van der Waals surface area contributed by atoms with Gasteiger partial charge in [-0.15, -0.1) is 0 Å². The van der Waals surface area contributed by atoms with Crippen molar-refractivity contribution in [1.29, 1.82) is 0 Å². The van der Waals surface area contributed by atoms with Crippen LogP contribution in [0.25, 0.3) is 11.3 Å². The molecule has 0 unspecified atom stereocenters. The summed E-state index contributed by atoms with van der Waals surface area (Å²) >= 11 is 3.37. The van der Waals surface area contributed by atoms with Gasteiger partial charge in [0.25, 0.3) is 5.56 Å². The lowest BCUT2D eigenvalue weighted by molar-refractivity contribution is 0.101. The quantitative estimate of drug-likeness (QED) is 0.800. The minimum Gasteiger partial charge on any atom is -0.311 e. The van der Waals surface area contributed by atoms with Crippen LogP contribution in [0.4, 0.5) is 0 Å². The fraction of sp³-hybridized carbons (Fsp3) is 0.143. The summed E-state index contributed by atoms with van der Waals surface area (Å²) < 4.78 is 2.48. The van der Waals surface area contributed by atoms with Gasteiger partial charge in [0.2, 0.25) is 0 Å². The first-order valence-corrected chi connectivity index (χ1v) is 6.27. The Kier molecular flexibility index (Phi) is 3.48. The molecule has 2 rings (SSSR count). The summed E-state index contributed by atoms with van der Waals surface area (Å²) in [6.07, 6.45) is 0. The molecule has 0 amide bonds. The minimum absolute atomic E-state index is 0.210. The molecule has 0 spiro atoms. The number of Topliss-reactive ketones (excluding diaryl/α,β-unsaturated/α-hetero) is 1. The molecule has 0 radical (unpaired) electrons. The molecule has 0 aliphatic heterocycles. The van der Waals surface area contributed by atoms with Gasteiger partial charge in [0.1, 0.15) is 0 Å². The van der Waals surface area contributed by atoms with E-state index >= 15 is 0 Å². The SMILES string of the molecule is CC(=O)c1ccc(-c2ccc(Br)cc2)n(C)c1=O. The smallest absolute Gasteiger partial charge is 0.261 e. The predicted octanol–water partition coefficient (Wildman–Crippen LogP) is 3.02. The van der Waals surface area contributed by atoms with Crippen LogP contribution in [0, 0.1) is 0 Å². The van der Waals surface area contributed by atoms with Crippen molar-refractivity contribution >= 4 is 21.7 Å². The number of carbonyl (C=O) groups excluding carboxylic acids is 1. The van der Waals surface area contributed by atoms with Crippen LogP contribution >= 0.6 is 15.9 Å². The van der Waals surface area contributed by atoms with Crippen LogP contribution in [0.15, 0.2) is 45.7 Å². The third kappa shape index (κ3) is 2.29. The van der Waals surface area contributed by atoms with Gasteiger partial charge in [-0.1, -0.05) is 28.1 Å². The molecule has 1 heterocycles. The average molecular weight is 306 g/mol. The highest BCUT2D eigenvalue weighted by molar-refractivity contribution is 9.10. The highest BCUT2D eigenvalue weighted by Gasteiger charge is 2.10. The molecule has 0 aliphatic rings. The Balaban J connectivity index is 2.61. The van der Waals surface area contributed by atoms with Gasteiger partial charge in [-0.3, -0.25) is 9.59 Å². The van der Waals surface area contributed by atoms with Gasteiger partial charge in [-0.2, -0.15) is 0 Å². The predicted molar refractivity (Wildman–Crippen MR) is 74.8 cm³/mol. The Bertz CT molecular complexity index is 656. The van der Waals surface area contributed by atoms with Crippen molar-refractivity contribution in [3.8, 4) is 11.3 Å². The number of carbonyl (C=O) groups is 1. The topological polar surface area (TPSA) is 39.1 Å². The lowest BCUT2D eigenvalue weighted by Gasteiger charge is -2.09. The fourth-order valence-electron chi connectivity index (χ4n) is 1.81. The van der Waals surface area contributed by atoms with Gasteiger partial charge in [-0.25, -0.2) is 0 Å². The molecule has 0 saturated carbocycles. The molecular formula is C14H12BrNO2. The Morgan fingerprint density at radius 2 is 1.72 bits per heavy atom. The molecule has 1 aromatic heterocycles. The molecule has 3 nitrogen and oxygen atoms in total. The lowest BCUT2D eigenvalue weighted by atomic mass is 10.1. The number of rotatable bonds is 2. The zero-order chi connectivity index (χ0) is 13.3. The molecule has 0 bridgehead atoms. The fourth-order valence-corrected chi connectivity index (χ4v) is 2.08. The number of ketones is 1. The molecule has 18 heavy (non-hydrogen) atoms. The third-order valence-electron chi connectivity index (χ3n) is 2.82. The van der Waals surface area contributed by atoms with Gasteiger partial charge >= 0.3 is 0 Å². The van der Waals surface area contributed by atoms with E-state index in [2.05, 4.69) is 15.9 Å². The van der Waals surface area contributed by atoms with Gasteiger partial charge in [-0.05, 0) is 36.8 Å². The summed E-state index contributed by atoms with van der Waals surface area (Å²) in [6.45, 7) is 1.40.